The van der Waals surface area contributed by atoms with E-state index in [0.717, 1.165) is 55.8 Å². The first kappa shape index (κ1) is 21.5. The zero-order valence-corrected chi connectivity index (χ0v) is 19.3. The summed E-state index contributed by atoms with van der Waals surface area (Å²) in [6, 6.07) is 16.9. The minimum atomic E-state index is -0.102. The van der Waals surface area contributed by atoms with Crippen molar-refractivity contribution in [2.45, 2.75) is 56.4 Å². The fourth-order valence-corrected chi connectivity index (χ4v) is 6.17. The lowest BCUT2D eigenvalue weighted by atomic mass is 9.95. The van der Waals surface area contributed by atoms with Crippen LogP contribution in [0.25, 0.3) is 0 Å². The fourth-order valence-electron chi connectivity index (χ4n) is 4.80. The molecule has 1 N–H and O–H groups in total. The number of aromatic nitrogens is 3. The first-order valence-electron chi connectivity index (χ1n) is 11.5. The Balaban J connectivity index is 1.22. The number of hydrogen-bond acceptors (Lipinski definition) is 5. The molecule has 2 aliphatic heterocycles. The van der Waals surface area contributed by atoms with Gasteiger partial charge in [-0.05, 0) is 50.3 Å². The predicted octanol–water partition coefficient (Wildman–Crippen LogP) is 5.70. The SMILES string of the molecule is C[C@H]1CCC(c2ccccc2)SN1Cc1ccc(N2CCC(c3nnc[nH]3)CC2)cc1F. The molecule has 0 bridgehead atoms. The highest BCUT2D eigenvalue weighted by Crippen LogP contribution is 2.43. The Morgan fingerprint density at radius 3 is 2.59 bits per heavy atom. The molecule has 2 fully saturated rings. The van der Waals surface area contributed by atoms with Crippen molar-refractivity contribution >= 4 is 17.6 Å². The summed E-state index contributed by atoms with van der Waals surface area (Å²) in [6.45, 7) is 4.69. The number of rotatable bonds is 5. The molecular formula is C25H30FN5S. The number of nitrogens with one attached hydrogen (secondary N) is 1. The lowest BCUT2D eigenvalue weighted by Gasteiger charge is -2.37. The minimum Gasteiger partial charge on any atom is -0.371 e. The number of hydrogen-bond donors (Lipinski definition) is 1. The maximum Gasteiger partial charge on any atom is 0.133 e. The van der Waals surface area contributed by atoms with Gasteiger partial charge in [-0.2, -0.15) is 0 Å². The molecule has 2 aromatic carbocycles. The van der Waals surface area contributed by atoms with Crippen LogP contribution in [0.2, 0.25) is 0 Å². The van der Waals surface area contributed by atoms with Gasteiger partial charge in [-0.1, -0.05) is 48.3 Å². The normalized spacial score (nSPS) is 22.9. The zero-order chi connectivity index (χ0) is 21.9. The Hall–Kier alpha value is -2.38. The topological polar surface area (TPSA) is 48.1 Å². The number of nitrogens with zero attached hydrogens (tertiary/aromatic N) is 4. The van der Waals surface area contributed by atoms with E-state index >= 15 is 4.39 Å². The van der Waals surface area contributed by atoms with Crippen LogP contribution in [-0.4, -0.2) is 38.6 Å². The number of halogens is 1. The maximum absolute atomic E-state index is 15.1. The Bertz CT molecular complexity index is 1000. The van der Waals surface area contributed by atoms with Crippen molar-refractivity contribution in [3.8, 4) is 0 Å². The summed E-state index contributed by atoms with van der Waals surface area (Å²) >= 11 is 1.87. The molecular weight excluding hydrogens is 421 g/mol. The van der Waals surface area contributed by atoms with Gasteiger partial charge in [-0.25, -0.2) is 8.70 Å². The van der Waals surface area contributed by atoms with Crippen LogP contribution in [0.15, 0.2) is 54.9 Å². The molecule has 5 rings (SSSR count). The molecule has 1 aromatic heterocycles. The molecule has 7 heteroatoms. The fraction of sp³-hybridized carbons (Fsp3) is 0.440. The number of anilines is 1. The van der Waals surface area contributed by atoms with Crippen LogP contribution in [0.5, 0.6) is 0 Å². The summed E-state index contributed by atoms with van der Waals surface area (Å²) < 4.78 is 17.5. The van der Waals surface area contributed by atoms with Crippen LogP contribution in [0, 0.1) is 5.82 Å². The Labute approximate surface area is 193 Å². The molecule has 0 saturated carbocycles. The van der Waals surface area contributed by atoms with Crippen LogP contribution in [0.1, 0.15) is 60.7 Å². The van der Waals surface area contributed by atoms with Crippen LogP contribution >= 0.6 is 11.9 Å². The van der Waals surface area contributed by atoms with Crippen LogP contribution < -0.4 is 4.90 Å². The summed E-state index contributed by atoms with van der Waals surface area (Å²) in [4.78, 5) is 5.41. The lowest BCUT2D eigenvalue weighted by molar-refractivity contribution is 0.317. The maximum atomic E-state index is 15.1. The van der Waals surface area contributed by atoms with Gasteiger partial charge in [0, 0.05) is 48.1 Å². The van der Waals surface area contributed by atoms with Crippen molar-refractivity contribution in [2.24, 2.45) is 0 Å². The standard InChI is InChI=1S/C25H30FN5S/c1-18-7-10-24(19-5-3-2-4-6-19)32-31(18)16-21-8-9-22(15-23(21)26)30-13-11-20(12-14-30)25-27-17-28-29-25/h2-6,8-9,15,17-18,20,24H,7,10-14,16H2,1H3,(H,27,28,29)/t18-,24?/m0/s1. The quantitative estimate of drug-likeness (QED) is 0.504. The Morgan fingerprint density at radius 2 is 1.88 bits per heavy atom. The number of benzene rings is 2. The average molecular weight is 452 g/mol. The number of aromatic amines is 1. The van der Waals surface area contributed by atoms with Gasteiger partial charge < -0.3 is 9.88 Å². The zero-order valence-electron chi connectivity index (χ0n) is 18.5. The molecule has 0 radical (unpaired) electrons. The summed E-state index contributed by atoms with van der Waals surface area (Å²) in [5.74, 6) is 1.27. The summed E-state index contributed by atoms with van der Waals surface area (Å²) in [7, 11) is 0. The molecule has 0 amide bonds. The molecule has 2 aliphatic rings. The first-order chi connectivity index (χ1) is 15.7. The van der Waals surface area contributed by atoms with Crippen molar-refractivity contribution in [1.82, 2.24) is 19.5 Å². The van der Waals surface area contributed by atoms with Crippen LogP contribution in [-0.2, 0) is 6.54 Å². The van der Waals surface area contributed by atoms with E-state index in [1.54, 1.807) is 12.4 Å². The molecule has 1 unspecified atom stereocenters. The van der Waals surface area contributed by atoms with E-state index in [1.165, 1.54) is 5.56 Å². The average Bonchev–Trinajstić information content (AvgIpc) is 3.37. The van der Waals surface area contributed by atoms with Gasteiger partial charge in [0.2, 0.25) is 0 Å². The van der Waals surface area contributed by atoms with E-state index in [0.29, 0.717) is 23.8 Å². The Kier molecular flexibility index (Phi) is 6.46. The largest absolute Gasteiger partial charge is 0.371 e. The first-order valence-corrected chi connectivity index (χ1v) is 12.4. The van der Waals surface area contributed by atoms with Crippen molar-refractivity contribution in [1.29, 1.82) is 0 Å². The molecule has 5 nitrogen and oxygen atoms in total. The van der Waals surface area contributed by atoms with Crippen molar-refractivity contribution in [3.05, 3.63) is 77.6 Å². The Morgan fingerprint density at radius 1 is 1.06 bits per heavy atom. The highest BCUT2D eigenvalue weighted by Gasteiger charge is 2.28. The molecule has 3 heterocycles. The third-order valence-corrected chi connectivity index (χ3v) is 8.34. The summed E-state index contributed by atoms with van der Waals surface area (Å²) in [5.41, 5.74) is 3.11. The van der Waals surface area contributed by atoms with Gasteiger partial charge in [0.05, 0.1) is 0 Å². The highest BCUT2D eigenvalue weighted by molar-refractivity contribution is 7.97. The van der Waals surface area contributed by atoms with Gasteiger partial charge in [0.25, 0.3) is 0 Å². The van der Waals surface area contributed by atoms with E-state index in [2.05, 4.69) is 67.7 Å². The second-order valence-electron chi connectivity index (χ2n) is 8.92. The monoisotopic (exact) mass is 451 g/mol. The minimum absolute atomic E-state index is 0.102. The summed E-state index contributed by atoms with van der Waals surface area (Å²) in [5, 5.41) is 8.50. The second kappa shape index (κ2) is 9.63. The smallest absolute Gasteiger partial charge is 0.133 e. The van der Waals surface area contributed by atoms with E-state index < -0.39 is 0 Å². The molecule has 32 heavy (non-hydrogen) atoms. The third kappa shape index (κ3) is 4.69. The molecule has 3 aromatic rings. The van der Waals surface area contributed by atoms with Crippen molar-refractivity contribution in [3.63, 3.8) is 0 Å². The third-order valence-electron chi connectivity index (χ3n) is 6.82. The predicted molar refractivity (Wildman–Crippen MR) is 128 cm³/mol. The van der Waals surface area contributed by atoms with E-state index in [9.17, 15) is 0 Å². The van der Waals surface area contributed by atoms with Gasteiger partial charge in [0.1, 0.15) is 18.0 Å². The van der Waals surface area contributed by atoms with Gasteiger partial charge in [-0.15, -0.1) is 10.2 Å². The molecule has 0 spiro atoms. The van der Waals surface area contributed by atoms with E-state index in [1.807, 2.05) is 18.0 Å². The van der Waals surface area contributed by atoms with Crippen LogP contribution in [0.3, 0.4) is 0 Å². The van der Waals surface area contributed by atoms with Gasteiger partial charge in [-0.3, -0.25) is 0 Å². The van der Waals surface area contributed by atoms with Gasteiger partial charge >= 0.3 is 0 Å². The highest BCUT2D eigenvalue weighted by atomic mass is 32.2. The van der Waals surface area contributed by atoms with Gasteiger partial charge in [0.15, 0.2) is 0 Å². The van der Waals surface area contributed by atoms with E-state index in [-0.39, 0.29) is 5.82 Å². The second-order valence-corrected chi connectivity index (χ2v) is 10.2. The number of piperidine rings is 1. The molecule has 168 valence electrons. The van der Waals surface area contributed by atoms with Crippen molar-refractivity contribution < 1.29 is 4.39 Å². The van der Waals surface area contributed by atoms with E-state index in [4.69, 9.17) is 0 Å². The molecule has 0 aliphatic carbocycles. The summed E-state index contributed by atoms with van der Waals surface area (Å²) in [6.07, 6.45) is 5.94. The van der Waals surface area contributed by atoms with Crippen LogP contribution in [0.4, 0.5) is 10.1 Å². The molecule has 2 saturated heterocycles. The molecule has 2 atom stereocenters. The number of H-pyrrole nitrogens is 1. The van der Waals surface area contributed by atoms with Crippen molar-refractivity contribution in [2.75, 3.05) is 18.0 Å². The lowest BCUT2D eigenvalue weighted by Crippen LogP contribution is -2.33.